The predicted octanol–water partition coefficient (Wildman–Crippen LogP) is 5.22. The van der Waals surface area contributed by atoms with Crippen molar-refractivity contribution in [3.8, 4) is 22.6 Å². The van der Waals surface area contributed by atoms with Crippen LogP contribution >= 0.6 is 11.6 Å². The van der Waals surface area contributed by atoms with Gasteiger partial charge < -0.3 is 15.5 Å². The van der Waals surface area contributed by atoms with E-state index >= 15 is 0 Å². The molecule has 2 aromatic heterocycles. The van der Waals surface area contributed by atoms with Crippen LogP contribution in [0.4, 0.5) is 5.69 Å². The number of hydrogen-bond donors (Lipinski definition) is 2. The van der Waals surface area contributed by atoms with Crippen molar-refractivity contribution < 1.29 is 9.21 Å². The number of nitrogen functional groups attached to an aromatic ring is 1. The van der Waals surface area contributed by atoms with Gasteiger partial charge >= 0.3 is 0 Å². The van der Waals surface area contributed by atoms with Crippen LogP contribution in [0, 0.1) is 0 Å². The van der Waals surface area contributed by atoms with E-state index in [-0.39, 0.29) is 5.91 Å². The SMILES string of the molecule is Nc1ccc(CCNC(=O)c2cnc(-c3ccc(Cl)cc3)c(-c3ccco3)c2)cc1. The predicted molar refractivity (Wildman–Crippen MR) is 119 cm³/mol. The fraction of sp³-hybridized carbons (Fsp3) is 0.0833. The summed E-state index contributed by atoms with van der Waals surface area (Å²) in [6.07, 6.45) is 3.89. The van der Waals surface area contributed by atoms with E-state index in [2.05, 4.69) is 10.3 Å². The Morgan fingerprint density at radius 1 is 1.07 bits per heavy atom. The first-order chi connectivity index (χ1) is 14.6. The number of anilines is 1. The van der Waals surface area contributed by atoms with Gasteiger partial charge in [0.05, 0.1) is 17.5 Å². The molecule has 0 aliphatic heterocycles. The highest BCUT2D eigenvalue weighted by molar-refractivity contribution is 6.30. The van der Waals surface area contributed by atoms with E-state index in [1.54, 1.807) is 24.6 Å². The molecule has 0 unspecified atom stereocenters. The van der Waals surface area contributed by atoms with Crippen molar-refractivity contribution in [2.24, 2.45) is 0 Å². The lowest BCUT2D eigenvalue weighted by atomic mass is 10.0. The van der Waals surface area contributed by atoms with Gasteiger partial charge in [0.1, 0.15) is 5.76 Å². The number of nitrogens with zero attached hydrogens (tertiary/aromatic N) is 1. The van der Waals surface area contributed by atoms with Crippen LogP contribution in [0.3, 0.4) is 0 Å². The Hall–Kier alpha value is -3.57. The zero-order valence-electron chi connectivity index (χ0n) is 16.1. The highest BCUT2D eigenvalue weighted by Gasteiger charge is 2.15. The maximum Gasteiger partial charge on any atom is 0.252 e. The molecule has 5 nitrogen and oxygen atoms in total. The van der Waals surface area contributed by atoms with Gasteiger partial charge in [-0.15, -0.1) is 0 Å². The standard InChI is InChI=1S/C24H20ClN3O2/c25-19-7-5-17(6-8-19)23-21(22-2-1-13-30-22)14-18(15-28-23)24(29)27-12-11-16-3-9-20(26)10-4-16/h1-10,13-15H,11-12,26H2,(H,27,29). The molecule has 150 valence electrons. The Bertz CT molecular complexity index is 1140. The topological polar surface area (TPSA) is 81.1 Å². The quantitative estimate of drug-likeness (QED) is 0.421. The van der Waals surface area contributed by atoms with Crippen LogP contribution in [-0.2, 0) is 6.42 Å². The maximum atomic E-state index is 12.7. The first kappa shape index (κ1) is 19.7. The number of rotatable bonds is 6. The van der Waals surface area contributed by atoms with Crippen molar-refractivity contribution in [3.63, 3.8) is 0 Å². The van der Waals surface area contributed by atoms with Crippen molar-refractivity contribution in [1.29, 1.82) is 0 Å². The number of amides is 1. The fourth-order valence-electron chi connectivity index (χ4n) is 3.15. The highest BCUT2D eigenvalue weighted by Crippen LogP contribution is 2.32. The van der Waals surface area contributed by atoms with Crippen molar-refractivity contribution >= 4 is 23.2 Å². The van der Waals surface area contributed by atoms with Crippen LogP contribution in [0.1, 0.15) is 15.9 Å². The second-order valence-electron chi connectivity index (χ2n) is 6.85. The molecular weight excluding hydrogens is 398 g/mol. The molecule has 0 saturated heterocycles. The lowest BCUT2D eigenvalue weighted by molar-refractivity contribution is 0.0954. The van der Waals surface area contributed by atoms with Crippen molar-refractivity contribution in [3.05, 3.63) is 95.3 Å². The fourth-order valence-corrected chi connectivity index (χ4v) is 3.28. The monoisotopic (exact) mass is 417 g/mol. The van der Waals surface area contributed by atoms with Gasteiger partial charge in [-0.3, -0.25) is 9.78 Å². The van der Waals surface area contributed by atoms with Gasteiger partial charge in [-0.2, -0.15) is 0 Å². The Morgan fingerprint density at radius 3 is 2.53 bits per heavy atom. The smallest absolute Gasteiger partial charge is 0.252 e. The molecule has 0 aliphatic rings. The van der Waals surface area contributed by atoms with Crippen LogP contribution in [-0.4, -0.2) is 17.4 Å². The summed E-state index contributed by atoms with van der Waals surface area (Å²) in [4.78, 5) is 17.2. The van der Waals surface area contributed by atoms with E-state index < -0.39 is 0 Å². The largest absolute Gasteiger partial charge is 0.464 e. The zero-order valence-corrected chi connectivity index (χ0v) is 16.9. The molecule has 0 fully saturated rings. The van der Waals surface area contributed by atoms with Crippen molar-refractivity contribution in [1.82, 2.24) is 10.3 Å². The second kappa shape index (κ2) is 8.84. The molecular formula is C24H20ClN3O2. The molecule has 0 atom stereocenters. The third-order valence-corrected chi connectivity index (χ3v) is 4.99. The summed E-state index contributed by atoms with van der Waals surface area (Å²) in [5.74, 6) is 0.456. The molecule has 0 radical (unpaired) electrons. The number of nitrogens with two attached hydrogens (primary N) is 1. The number of pyridine rings is 1. The summed E-state index contributed by atoms with van der Waals surface area (Å²) in [6, 6.07) is 20.5. The molecule has 0 spiro atoms. The summed E-state index contributed by atoms with van der Waals surface area (Å²) in [6.45, 7) is 0.512. The minimum Gasteiger partial charge on any atom is -0.464 e. The molecule has 0 aliphatic carbocycles. The van der Waals surface area contributed by atoms with Crippen LogP contribution in [0.15, 0.2) is 83.6 Å². The molecule has 2 aromatic carbocycles. The van der Waals surface area contributed by atoms with Gasteiger partial charge in [0.15, 0.2) is 0 Å². The molecule has 0 saturated carbocycles. The van der Waals surface area contributed by atoms with Gasteiger partial charge in [-0.05, 0) is 54.4 Å². The van der Waals surface area contributed by atoms with Crippen LogP contribution in [0.2, 0.25) is 5.02 Å². The van der Waals surface area contributed by atoms with Gasteiger partial charge in [-0.1, -0.05) is 35.9 Å². The van der Waals surface area contributed by atoms with E-state index in [9.17, 15) is 4.79 Å². The number of furan rings is 1. The number of nitrogens with one attached hydrogen (secondary N) is 1. The summed E-state index contributed by atoms with van der Waals surface area (Å²) < 4.78 is 5.58. The van der Waals surface area contributed by atoms with E-state index in [1.807, 2.05) is 54.6 Å². The van der Waals surface area contributed by atoms with E-state index in [1.165, 1.54) is 0 Å². The summed E-state index contributed by atoms with van der Waals surface area (Å²) in [7, 11) is 0. The molecule has 6 heteroatoms. The van der Waals surface area contributed by atoms with E-state index in [0.717, 1.165) is 28.1 Å². The lowest BCUT2D eigenvalue weighted by Gasteiger charge is -2.11. The third-order valence-electron chi connectivity index (χ3n) is 4.73. The van der Waals surface area contributed by atoms with Crippen LogP contribution < -0.4 is 11.1 Å². The molecule has 2 heterocycles. The van der Waals surface area contributed by atoms with Gasteiger partial charge in [-0.25, -0.2) is 0 Å². The van der Waals surface area contributed by atoms with Gasteiger partial charge in [0, 0.05) is 34.6 Å². The lowest BCUT2D eigenvalue weighted by Crippen LogP contribution is -2.25. The number of aromatic nitrogens is 1. The highest BCUT2D eigenvalue weighted by atomic mass is 35.5. The zero-order chi connectivity index (χ0) is 20.9. The average Bonchev–Trinajstić information content (AvgIpc) is 3.30. The summed E-state index contributed by atoms with van der Waals surface area (Å²) in [5.41, 5.74) is 10.4. The second-order valence-corrected chi connectivity index (χ2v) is 7.29. The van der Waals surface area contributed by atoms with Crippen LogP contribution in [0.5, 0.6) is 0 Å². The number of benzene rings is 2. The number of hydrogen-bond acceptors (Lipinski definition) is 4. The Kier molecular flexibility index (Phi) is 5.82. The molecule has 3 N–H and O–H groups in total. The molecule has 0 bridgehead atoms. The van der Waals surface area contributed by atoms with Crippen molar-refractivity contribution in [2.45, 2.75) is 6.42 Å². The summed E-state index contributed by atoms with van der Waals surface area (Å²) in [5, 5.41) is 3.59. The Morgan fingerprint density at radius 2 is 1.83 bits per heavy atom. The minimum absolute atomic E-state index is 0.187. The molecule has 4 aromatic rings. The first-order valence-electron chi connectivity index (χ1n) is 9.52. The van der Waals surface area contributed by atoms with Crippen LogP contribution in [0.25, 0.3) is 22.6 Å². The molecule has 4 rings (SSSR count). The Labute approximate surface area is 179 Å². The third kappa shape index (κ3) is 4.53. The molecule has 1 amide bonds. The van der Waals surface area contributed by atoms with Crippen molar-refractivity contribution in [2.75, 3.05) is 12.3 Å². The summed E-state index contributed by atoms with van der Waals surface area (Å²) >= 11 is 6.01. The minimum atomic E-state index is -0.187. The number of carbonyl (C=O) groups excluding carboxylic acids is 1. The number of halogens is 1. The normalized spacial score (nSPS) is 10.7. The number of carbonyl (C=O) groups is 1. The van der Waals surface area contributed by atoms with Gasteiger partial charge in [0.25, 0.3) is 5.91 Å². The van der Waals surface area contributed by atoms with E-state index in [0.29, 0.717) is 29.3 Å². The van der Waals surface area contributed by atoms with Gasteiger partial charge in [0.2, 0.25) is 0 Å². The van der Waals surface area contributed by atoms with E-state index in [4.69, 9.17) is 21.8 Å². The maximum absolute atomic E-state index is 12.7. The Balaban J connectivity index is 1.55. The average molecular weight is 418 g/mol. The first-order valence-corrected chi connectivity index (χ1v) is 9.90. The molecule has 30 heavy (non-hydrogen) atoms.